The van der Waals surface area contributed by atoms with Crippen LogP contribution in [0, 0.1) is 5.92 Å². The standard InChI is InChI=1S/C25H36N6O3/c1-16(2)25(32)7-5-18(6-8-25)22-9-21(19-10-27-30(12-19)20-14-34-15-20)23-11-26-24(29-31(22)23)28-17(3)13-33-4/h9-12,16-18,20,32H,5-8,13-15H2,1-4H3,(H,28,29)/t17-,18-,25+/m0/s1. The number of methoxy groups -OCH3 is 1. The molecule has 184 valence electrons. The van der Waals surface area contributed by atoms with E-state index in [0.717, 1.165) is 42.3 Å². The molecule has 0 amide bonds. The van der Waals surface area contributed by atoms with Gasteiger partial charge in [0.25, 0.3) is 0 Å². The van der Waals surface area contributed by atoms with Crippen LogP contribution >= 0.6 is 0 Å². The smallest absolute Gasteiger partial charge is 0.241 e. The minimum atomic E-state index is -0.574. The van der Waals surface area contributed by atoms with E-state index in [0.29, 0.717) is 37.7 Å². The van der Waals surface area contributed by atoms with Crippen molar-refractivity contribution in [3.63, 3.8) is 0 Å². The largest absolute Gasteiger partial charge is 0.390 e. The first-order valence-corrected chi connectivity index (χ1v) is 12.4. The number of hydrogen-bond donors (Lipinski definition) is 2. The van der Waals surface area contributed by atoms with E-state index in [4.69, 9.17) is 14.6 Å². The van der Waals surface area contributed by atoms with Crippen molar-refractivity contribution in [1.29, 1.82) is 0 Å². The van der Waals surface area contributed by atoms with Crippen LogP contribution in [-0.2, 0) is 9.47 Å². The predicted molar refractivity (Wildman–Crippen MR) is 130 cm³/mol. The van der Waals surface area contributed by atoms with Crippen molar-refractivity contribution < 1.29 is 14.6 Å². The number of ether oxygens (including phenoxy) is 2. The first-order chi connectivity index (χ1) is 16.4. The third kappa shape index (κ3) is 4.32. The van der Waals surface area contributed by atoms with E-state index in [1.54, 1.807) is 7.11 Å². The lowest BCUT2D eigenvalue weighted by atomic mass is 9.72. The van der Waals surface area contributed by atoms with Crippen molar-refractivity contribution in [3.05, 3.63) is 30.4 Å². The molecule has 1 saturated heterocycles. The number of aromatic nitrogens is 5. The highest BCUT2D eigenvalue weighted by Gasteiger charge is 2.37. The maximum Gasteiger partial charge on any atom is 0.241 e. The van der Waals surface area contributed by atoms with Crippen molar-refractivity contribution in [2.45, 2.75) is 70.1 Å². The summed E-state index contributed by atoms with van der Waals surface area (Å²) < 4.78 is 14.6. The molecule has 0 spiro atoms. The highest BCUT2D eigenvalue weighted by atomic mass is 16.5. The molecule has 3 aromatic rings. The minimum Gasteiger partial charge on any atom is -0.390 e. The zero-order valence-corrected chi connectivity index (χ0v) is 20.6. The van der Waals surface area contributed by atoms with Crippen LogP contribution in [0.1, 0.15) is 64.1 Å². The third-order valence-corrected chi connectivity index (χ3v) is 7.59. The molecule has 9 nitrogen and oxygen atoms in total. The molecule has 2 fully saturated rings. The van der Waals surface area contributed by atoms with Crippen LogP contribution < -0.4 is 5.32 Å². The van der Waals surface area contributed by atoms with Gasteiger partial charge in [0.1, 0.15) is 0 Å². The molecule has 9 heteroatoms. The van der Waals surface area contributed by atoms with Crippen LogP contribution in [0.2, 0.25) is 0 Å². The van der Waals surface area contributed by atoms with Crippen molar-refractivity contribution in [2.24, 2.45) is 5.92 Å². The second kappa shape index (κ2) is 9.28. The van der Waals surface area contributed by atoms with Gasteiger partial charge >= 0.3 is 0 Å². The van der Waals surface area contributed by atoms with Gasteiger partial charge in [0, 0.05) is 42.1 Å². The van der Waals surface area contributed by atoms with E-state index in [-0.39, 0.29) is 12.0 Å². The fourth-order valence-electron chi connectivity index (χ4n) is 5.16. The molecule has 34 heavy (non-hydrogen) atoms. The van der Waals surface area contributed by atoms with Crippen LogP contribution in [0.3, 0.4) is 0 Å². The normalized spacial score (nSPS) is 24.5. The maximum atomic E-state index is 11.0. The van der Waals surface area contributed by atoms with Gasteiger partial charge in [0.2, 0.25) is 5.95 Å². The van der Waals surface area contributed by atoms with E-state index >= 15 is 0 Å². The number of fused-ring (bicyclic) bond motifs is 1. The summed E-state index contributed by atoms with van der Waals surface area (Å²) in [5.41, 5.74) is 3.70. The number of rotatable bonds is 8. The molecule has 0 unspecified atom stereocenters. The van der Waals surface area contributed by atoms with Crippen LogP contribution in [0.4, 0.5) is 5.95 Å². The average molecular weight is 469 g/mol. The summed E-state index contributed by atoms with van der Waals surface area (Å²) in [5, 5.41) is 23.8. The van der Waals surface area contributed by atoms with Gasteiger partial charge in [-0.3, -0.25) is 4.68 Å². The van der Waals surface area contributed by atoms with E-state index in [1.807, 2.05) is 28.5 Å². The van der Waals surface area contributed by atoms with Crippen molar-refractivity contribution >= 4 is 11.5 Å². The number of nitrogens with one attached hydrogen (secondary N) is 1. The lowest BCUT2D eigenvalue weighted by Gasteiger charge is -2.39. The average Bonchev–Trinajstić information content (AvgIpc) is 3.38. The molecule has 2 N–H and O–H groups in total. The first-order valence-electron chi connectivity index (χ1n) is 12.4. The fourth-order valence-corrected chi connectivity index (χ4v) is 5.16. The molecule has 5 rings (SSSR count). The molecule has 4 heterocycles. The zero-order valence-electron chi connectivity index (χ0n) is 20.6. The molecule has 3 aromatic heterocycles. The molecule has 1 atom stereocenters. The lowest BCUT2D eigenvalue weighted by molar-refractivity contribution is -0.0412. The Bertz CT molecular complexity index is 1130. The summed E-state index contributed by atoms with van der Waals surface area (Å²) in [6.45, 7) is 8.27. The van der Waals surface area contributed by atoms with Crippen molar-refractivity contribution in [2.75, 3.05) is 32.2 Å². The first kappa shape index (κ1) is 23.3. The topological polar surface area (TPSA) is 98.7 Å². The Kier molecular flexibility index (Phi) is 6.35. The number of hydrogen-bond acceptors (Lipinski definition) is 7. The molecule has 0 radical (unpaired) electrons. The molecule has 2 aliphatic rings. The Hall–Kier alpha value is -2.49. The maximum absolute atomic E-state index is 11.0. The molecule has 1 aliphatic heterocycles. The summed E-state index contributed by atoms with van der Waals surface area (Å²) in [7, 11) is 1.69. The molecule has 1 aliphatic carbocycles. The Labute approximate surface area is 200 Å². The van der Waals surface area contributed by atoms with Crippen LogP contribution in [-0.4, -0.2) is 68.1 Å². The SMILES string of the molecule is COC[C@H](C)Nc1ncc2c(-c3cnn(C4COC4)c3)cc([C@H]3CC[C@](O)(C(C)C)CC3)n2n1. The third-order valence-electron chi connectivity index (χ3n) is 7.59. The summed E-state index contributed by atoms with van der Waals surface area (Å²) in [6.07, 6.45) is 9.39. The van der Waals surface area contributed by atoms with E-state index in [1.165, 1.54) is 5.69 Å². The number of aliphatic hydroxyl groups is 1. The molecule has 0 bridgehead atoms. The second-order valence-electron chi connectivity index (χ2n) is 10.3. The zero-order chi connectivity index (χ0) is 23.9. The quantitative estimate of drug-likeness (QED) is 0.521. The Balaban J connectivity index is 1.50. The summed E-state index contributed by atoms with van der Waals surface area (Å²) in [4.78, 5) is 4.60. The molecule has 0 aromatic carbocycles. The molecular weight excluding hydrogens is 432 g/mol. The highest BCUT2D eigenvalue weighted by Crippen LogP contribution is 2.43. The van der Waals surface area contributed by atoms with E-state index < -0.39 is 5.60 Å². The van der Waals surface area contributed by atoms with Gasteiger partial charge in [-0.25, -0.2) is 9.50 Å². The van der Waals surface area contributed by atoms with Crippen molar-refractivity contribution in [3.8, 4) is 11.1 Å². The summed E-state index contributed by atoms with van der Waals surface area (Å²) in [5.74, 6) is 1.17. The Morgan fingerprint density at radius 3 is 2.65 bits per heavy atom. The van der Waals surface area contributed by atoms with Gasteiger partial charge < -0.3 is 19.9 Å². The second-order valence-corrected chi connectivity index (χ2v) is 10.3. The predicted octanol–water partition coefficient (Wildman–Crippen LogP) is 3.66. The monoisotopic (exact) mass is 468 g/mol. The summed E-state index contributed by atoms with van der Waals surface area (Å²) in [6, 6.07) is 2.65. The fraction of sp³-hybridized carbons (Fsp3) is 0.640. The number of nitrogens with zero attached hydrogens (tertiary/aromatic N) is 5. The van der Waals surface area contributed by atoms with E-state index in [9.17, 15) is 5.11 Å². The van der Waals surface area contributed by atoms with Crippen molar-refractivity contribution in [1.82, 2.24) is 24.4 Å². The highest BCUT2D eigenvalue weighted by molar-refractivity contribution is 5.81. The molecule has 1 saturated carbocycles. The molecular formula is C25H36N6O3. The van der Waals surface area contributed by atoms with Gasteiger partial charge in [-0.1, -0.05) is 13.8 Å². The van der Waals surface area contributed by atoms with Crippen LogP contribution in [0.15, 0.2) is 24.7 Å². The Morgan fingerprint density at radius 1 is 1.24 bits per heavy atom. The van der Waals surface area contributed by atoms with Gasteiger partial charge in [0.05, 0.1) is 49.4 Å². The van der Waals surface area contributed by atoms with E-state index in [2.05, 4.69) is 41.5 Å². The van der Waals surface area contributed by atoms with Crippen LogP contribution in [0.5, 0.6) is 0 Å². The van der Waals surface area contributed by atoms with Gasteiger partial charge in [-0.05, 0) is 44.6 Å². The minimum absolute atomic E-state index is 0.0968. The Morgan fingerprint density at radius 2 is 2.00 bits per heavy atom. The summed E-state index contributed by atoms with van der Waals surface area (Å²) >= 11 is 0. The number of anilines is 1. The van der Waals surface area contributed by atoms with Gasteiger partial charge in [-0.2, -0.15) is 5.10 Å². The van der Waals surface area contributed by atoms with Gasteiger partial charge in [0.15, 0.2) is 0 Å². The lowest BCUT2D eigenvalue weighted by Crippen LogP contribution is -2.38. The van der Waals surface area contributed by atoms with Gasteiger partial charge in [-0.15, -0.1) is 5.10 Å². The van der Waals surface area contributed by atoms with Crippen LogP contribution in [0.25, 0.3) is 16.6 Å².